The molecule has 0 aliphatic rings. The zero-order chi connectivity index (χ0) is 15.4. The van der Waals surface area contributed by atoms with Crippen LogP contribution in [0.2, 0.25) is 0 Å². The maximum Gasteiger partial charge on any atom is 0.118 e. The monoisotopic (exact) mass is 309 g/mol. The molecule has 0 radical (unpaired) electrons. The van der Waals surface area contributed by atoms with E-state index in [4.69, 9.17) is 9.72 Å². The SMILES string of the molecule is CCc1ccc(-c2csc(Cc3ccc(OC)cc3)n2)cc1. The summed E-state index contributed by atoms with van der Waals surface area (Å²) in [4.78, 5) is 4.76. The van der Waals surface area contributed by atoms with Crippen molar-refractivity contribution in [3.8, 4) is 17.0 Å². The Hall–Kier alpha value is -2.13. The highest BCUT2D eigenvalue weighted by Gasteiger charge is 2.06. The van der Waals surface area contributed by atoms with E-state index in [0.717, 1.165) is 29.3 Å². The molecule has 1 aromatic heterocycles. The lowest BCUT2D eigenvalue weighted by Crippen LogP contribution is -1.89. The Bertz CT molecular complexity index is 729. The maximum absolute atomic E-state index is 5.19. The molecule has 0 saturated carbocycles. The molecular formula is C19H19NOS. The molecule has 3 rings (SSSR count). The average Bonchev–Trinajstić information content (AvgIpc) is 3.04. The summed E-state index contributed by atoms with van der Waals surface area (Å²) in [6.45, 7) is 2.17. The van der Waals surface area contributed by atoms with Gasteiger partial charge in [0.05, 0.1) is 17.8 Å². The van der Waals surface area contributed by atoms with Gasteiger partial charge in [-0.1, -0.05) is 43.3 Å². The third-order valence-electron chi connectivity index (χ3n) is 3.72. The summed E-state index contributed by atoms with van der Waals surface area (Å²) < 4.78 is 5.19. The summed E-state index contributed by atoms with van der Waals surface area (Å²) in [6.07, 6.45) is 1.93. The molecule has 3 aromatic rings. The van der Waals surface area contributed by atoms with Gasteiger partial charge in [0.1, 0.15) is 5.75 Å². The molecule has 112 valence electrons. The first-order chi connectivity index (χ1) is 10.8. The molecule has 1 heterocycles. The van der Waals surface area contributed by atoms with E-state index >= 15 is 0 Å². The highest BCUT2D eigenvalue weighted by atomic mass is 32.1. The largest absolute Gasteiger partial charge is 0.497 e. The van der Waals surface area contributed by atoms with Crippen LogP contribution in [0.15, 0.2) is 53.9 Å². The first-order valence-electron chi connectivity index (χ1n) is 7.45. The number of nitrogens with zero attached hydrogens (tertiary/aromatic N) is 1. The molecule has 0 N–H and O–H groups in total. The van der Waals surface area contributed by atoms with E-state index in [1.165, 1.54) is 16.7 Å². The van der Waals surface area contributed by atoms with Crippen LogP contribution in [0.5, 0.6) is 5.75 Å². The topological polar surface area (TPSA) is 22.1 Å². The number of aromatic nitrogens is 1. The fraction of sp³-hybridized carbons (Fsp3) is 0.211. The van der Waals surface area contributed by atoms with Gasteiger partial charge >= 0.3 is 0 Å². The third-order valence-corrected chi connectivity index (χ3v) is 4.57. The van der Waals surface area contributed by atoms with Gasteiger partial charge < -0.3 is 4.74 Å². The Kier molecular flexibility index (Phi) is 4.54. The Labute approximate surface area is 135 Å². The van der Waals surface area contributed by atoms with E-state index in [9.17, 15) is 0 Å². The number of hydrogen-bond donors (Lipinski definition) is 0. The van der Waals surface area contributed by atoms with E-state index in [0.29, 0.717) is 0 Å². The van der Waals surface area contributed by atoms with Gasteiger partial charge in [-0.15, -0.1) is 11.3 Å². The fourth-order valence-corrected chi connectivity index (χ4v) is 3.19. The molecule has 3 heteroatoms. The smallest absolute Gasteiger partial charge is 0.118 e. The number of hydrogen-bond acceptors (Lipinski definition) is 3. The second-order valence-corrected chi connectivity index (χ2v) is 6.14. The van der Waals surface area contributed by atoms with E-state index in [2.05, 4.69) is 48.7 Å². The molecule has 0 bridgehead atoms. The summed E-state index contributed by atoms with van der Waals surface area (Å²) in [5.41, 5.74) is 4.87. The lowest BCUT2D eigenvalue weighted by Gasteiger charge is -2.01. The minimum absolute atomic E-state index is 0.863. The quantitative estimate of drug-likeness (QED) is 0.663. The molecule has 0 unspecified atom stereocenters. The van der Waals surface area contributed by atoms with Gasteiger partial charge in [0.2, 0.25) is 0 Å². The molecule has 2 aromatic carbocycles. The fourth-order valence-electron chi connectivity index (χ4n) is 2.35. The Morgan fingerprint density at radius 1 is 0.955 bits per heavy atom. The van der Waals surface area contributed by atoms with Crippen LogP contribution in [-0.2, 0) is 12.8 Å². The number of aryl methyl sites for hydroxylation is 1. The van der Waals surface area contributed by atoms with Crippen molar-refractivity contribution in [1.29, 1.82) is 0 Å². The van der Waals surface area contributed by atoms with Gasteiger partial charge in [0.25, 0.3) is 0 Å². The molecule has 0 amide bonds. The molecule has 0 spiro atoms. The van der Waals surface area contributed by atoms with Crippen LogP contribution in [0.25, 0.3) is 11.3 Å². The predicted molar refractivity (Wildman–Crippen MR) is 92.7 cm³/mol. The first-order valence-corrected chi connectivity index (χ1v) is 8.33. The Morgan fingerprint density at radius 3 is 2.27 bits per heavy atom. The number of methoxy groups -OCH3 is 1. The number of thiazole rings is 1. The van der Waals surface area contributed by atoms with Crippen molar-refractivity contribution in [2.24, 2.45) is 0 Å². The number of benzene rings is 2. The Balaban J connectivity index is 1.74. The zero-order valence-electron chi connectivity index (χ0n) is 12.9. The zero-order valence-corrected chi connectivity index (χ0v) is 13.7. The van der Waals surface area contributed by atoms with Crippen LogP contribution >= 0.6 is 11.3 Å². The lowest BCUT2D eigenvalue weighted by atomic mass is 10.1. The van der Waals surface area contributed by atoms with Crippen molar-refractivity contribution in [1.82, 2.24) is 4.98 Å². The van der Waals surface area contributed by atoms with Gasteiger partial charge in [-0.25, -0.2) is 4.98 Å². The molecule has 0 aliphatic carbocycles. The van der Waals surface area contributed by atoms with E-state index in [1.807, 2.05) is 12.1 Å². The molecule has 0 fully saturated rings. The van der Waals surface area contributed by atoms with Crippen molar-refractivity contribution >= 4 is 11.3 Å². The molecular weight excluding hydrogens is 290 g/mol. The van der Waals surface area contributed by atoms with Crippen LogP contribution in [0.1, 0.15) is 23.1 Å². The summed E-state index contributed by atoms with van der Waals surface area (Å²) in [7, 11) is 1.69. The Morgan fingerprint density at radius 2 is 1.64 bits per heavy atom. The van der Waals surface area contributed by atoms with Crippen LogP contribution in [-0.4, -0.2) is 12.1 Å². The van der Waals surface area contributed by atoms with E-state index < -0.39 is 0 Å². The second-order valence-electron chi connectivity index (χ2n) is 5.20. The normalized spacial score (nSPS) is 10.6. The van der Waals surface area contributed by atoms with Gasteiger partial charge in [-0.05, 0) is 29.7 Å². The molecule has 0 atom stereocenters. The average molecular weight is 309 g/mol. The van der Waals surface area contributed by atoms with Crippen LogP contribution in [0.4, 0.5) is 0 Å². The highest BCUT2D eigenvalue weighted by molar-refractivity contribution is 7.10. The summed E-state index contributed by atoms with van der Waals surface area (Å²) in [6, 6.07) is 16.8. The predicted octanol–water partition coefficient (Wildman–Crippen LogP) is 4.97. The van der Waals surface area contributed by atoms with Crippen molar-refractivity contribution < 1.29 is 4.74 Å². The van der Waals surface area contributed by atoms with Gasteiger partial charge in [-0.2, -0.15) is 0 Å². The molecule has 0 aliphatic heterocycles. The summed E-state index contributed by atoms with van der Waals surface area (Å²) >= 11 is 1.72. The number of rotatable bonds is 5. The van der Waals surface area contributed by atoms with Gasteiger partial charge in [0, 0.05) is 17.4 Å². The van der Waals surface area contributed by atoms with Gasteiger partial charge in [0.15, 0.2) is 0 Å². The van der Waals surface area contributed by atoms with E-state index in [1.54, 1.807) is 18.4 Å². The van der Waals surface area contributed by atoms with Crippen molar-refractivity contribution in [3.63, 3.8) is 0 Å². The number of ether oxygens (including phenoxy) is 1. The highest BCUT2D eigenvalue weighted by Crippen LogP contribution is 2.24. The molecule has 2 nitrogen and oxygen atoms in total. The standard InChI is InChI=1S/C19H19NOS/c1-3-14-4-8-16(9-5-14)18-13-22-19(20-18)12-15-6-10-17(21-2)11-7-15/h4-11,13H,3,12H2,1-2H3. The maximum atomic E-state index is 5.19. The van der Waals surface area contributed by atoms with Crippen LogP contribution < -0.4 is 4.74 Å². The minimum Gasteiger partial charge on any atom is -0.497 e. The van der Waals surface area contributed by atoms with Gasteiger partial charge in [-0.3, -0.25) is 0 Å². The third kappa shape index (κ3) is 3.37. The second kappa shape index (κ2) is 6.75. The summed E-state index contributed by atoms with van der Waals surface area (Å²) in [5.74, 6) is 0.889. The van der Waals surface area contributed by atoms with Crippen LogP contribution in [0.3, 0.4) is 0 Å². The first kappa shape index (κ1) is 14.8. The van der Waals surface area contributed by atoms with Crippen molar-refractivity contribution in [2.45, 2.75) is 19.8 Å². The molecule has 22 heavy (non-hydrogen) atoms. The van der Waals surface area contributed by atoms with E-state index in [-0.39, 0.29) is 0 Å². The van der Waals surface area contributed by atoms with Crippen molar-refractivity contribution in [2.75, 3.05) is 7.11 Å². The molecule has 0 saturated heterocycles. The minimum atomic E-state index is 0.863. The van der Waals surface area contributed by atoms with Crippen molar-refractivity contribution in [3.05, 3.63) is 70.0 Å². The lowest BCUT2D eigenvalue weighted by molar-refractivity contribution is 0.414. The van der Waals surface area contributed by atoms with Crippen LogP contribution in [0, 0.1) is 0 Å². The summed E-state index contributed by atoms with van der Waals surface area (Å²) in [5, 5.41) is 3.28.